The maximum Gasteiger partial charge on any atom is 0.264 e. The van der Waals surface area contributed by atoms with Crippen LogP contribution in [-0.2, 0) is 11.2 Å². The van der Waals surface area contributed by atoms with Crippen molar-refractivity contribution in [3.05, 3.63) is 70.0 Å². The second kappa shape index (κ2) is 8.26. The Morgan fingerprint density at radius 3 is 2.73 bits per heavy atom. The van der Waals surface area contributed by atoms with Gasteiger partial charge in [-0.1, -0.05) is 36.4 Å². The standard InChI is InChI=1S/C24H23N5O3S/c30-17-13-14-5-1-2-6-15(14)20(17)26-21-19(23-25-16-7-3-4-8-18(16)33-23)22(31)28-24(27-21)29-9-11-32-12-10-29/h1-8,17,20,30H,9-13H2,(H2,26,27,28,31)/t17-,20+/m1/s1. The highest BCUT2D eigenvalue weighted by molar-refractivity contribution is 7.21. The zero-order valence-electron chi connectivity index (χ0n) is 17.8. The monoisotopic (exact) mass is 461 g/mol. The fraction of sp³-hybridized carbons (Fsp3) is 0.292. The summed E-state index contributed by atoms with van der Waals surface area (Å²) in [5, 5.41) is 14.8. The van der Waals surface area contributed by atoms with Gasteiger partial charge in [-0.05, 0) is 23.3 Å². The number of para-hydroxylation sites is 1. The van der Waals surface area contributed by atoms with Gasteiger partial charge in [0.05, 0.1) is 35.6 Å². The second-order valence-electron chi connectivity index (χ2n) is 8.29. The minimum Gasteiger partial charge on any atom is -0.390 e. The van der Waals surface area contributed by atoms with Crippen molar-refractivity contribution in [2.45, 2.75) is 18.6 Å². The first kappa shape index (κ1) is 20.3. The maximum absolute atomic E-state index is 13.4. The van der Waals surface area contributed by atoms with E-state index in [1.54, 1.807) is 0 Å². The van der Waals surface area contributed by atoms with E-state index in [1.807, 2.05) is 53.4 Å². The van der Waals surface area contributed by atoms with E-state index < -0.39 is 6.10 Å². The predicted octanol–water partition coefficient (Wildman–Crippen LogP) is 2.95. The molecule has 3 N–H and O–H groups in total. The normalized spacial score (nSPS) is 20.2. The number of rotatable bonds is 4. The second-order valence-corrected chi connectivity index (χ2v) is 9.32. The number of anilines is 2. The highest BCUT2D eigenvalue weighted by atomic mass is 32.1. The Hall–Kier alpha value is -3.27. The first-order valence-electron chi connectivity index (χ1n) is 11.0. The van der Waals surface area contributed by atoms with Gasteiger partial charge in [-0.3, -0.25) is 9.78 Å². The number of hydrogen-bond donors (Lipinski definition) is 3. The van der Waals surface area contributed by atoms with Gasteiger partial charge in [-0.25, -0.2) is 4.98 Å². The first-order chi connectivity index (χ1) is 16.2. The highest BCUT2D eigenvalue weighted by Gasteiger charge is 2.32. The average molecular weight is 462 g/mol. The molecule has 4 aromatic rings. The smallest absolute Gasteiger partial charge is 0.264 e. The third kappa shape index (κ3) is 3.68. The van der Waals surface area contributed by atoms with E-state index in [1.165, 1.54) is 11.3 Å². The number of hydrogen-bond acceptors (Lipinski definition) is 8. The molecular weight excluding hydrogens is 438 g/mol. The quantitative estimate of drug-likeness (QED) is 0.429. The minimum absolute atomic E-state index is 0.256. The Labute approximate surface area is 193 Å². The molecule has 2 aromatic heterocycles. The number of fused-ring (bicyclic) bond motifs is 2. The lowest BCUT2D eigenvalue weighted by Crippen LogP contribution is -2.38. The van der Waals surface area contributed by atoms with Gasteiger partial charge in [0.1, 0.15) is 16.4 Å². The number of aliphatic hydroxyl groups excluding tert-OH is 1. The van der Waals surface area contributed by atoms with E-state index >= 15 is 0 Å². The van der Waals surface area contributed by atoms with Crippen LogP contribution in [0.2, 0.25) is 0 Å². The van der Waals surface area contributed by atoms with Crippen LogP contribution in [-0.4, -0.2) is 52.5 Å². The summed E-state index contributed by atoms with van der Waals surface area (Å²) in [6.07, 6.45) is -0.0531. The van der Waals surface area contributed by atoms with Gasteiger partial charge < -0.3 is 20.1 Å². The third-order valence-electron chi connectivity index (χ3n) is 6.22. The number of ether oxygens (including phenoxy) is 1. The van der Waals surface area contributed by atoms with E-state index in [0.717, 1.165) is 21.3 Å². The molecule has 2 aromatic carbocycles. The van der Waals surface area contributed by atoms with Crippen LogP contribution in [0.5, 0.6) is 0 Å². The molecule has 9 heteroatoms. The zero-order chi connectivity index (χ0) is 22.4. The molecule has 6 rings (SSSR count). The molecule has 1 aliphatic heterocycles. The van der Waals surface area contributed by atoms with E-state index in [4.69, 9.17) is 14.7 Å². The topological polar surface area (TPSA) is 103 Å². The van der Waals surface area contributed by atoms with Gasteiger partial charge >= 0.3 is 0 Å². The number of thiazole rings is 1. The number of aliphatic hydroxyl groups is 1. The van der Waals surface area contributed by atoms with E-state index in [0.29, 0.717) is 55.1 Å². The average Bonchev–Trinajstić information content (AvgIpc) is 3.40. The van der Waals surface area contributed by atoms with Gasteiger partial charge in [-0.2, -0.15) is 4.98 Å². The number of nitrogens with zero attached hydrogens (tertiary/aromatic N) is 3. The van der Waals surface area contributed by atoms with Crippen LogP contribution in [0, 0.1) is 0 Å². The molecule has 0 spiro atoms. The molecule has 33 heavy (non-hydrogen) atoms. The van der Waals surface area contributed by atoms with E-state index in [-0.39, 0.29) is 11.6 Å². The fourth-order valence-corrected chi connectivity index (χ4v) is 5.57. The molecule has 0 bridgehead atoms. The Kier molecular flexibility index (Phi) is 5.09. The molecule has 8 nitrogen and oxygen atoms in total. The van der Waals surface area contributed by atoms with Gasteiger partial charge in [0, 0.05) is 19.5 Å². The summed E-state index contributed by atoms with van der Waals surface area (Å²) in [5.41, 5.74) is 3.10. The van der Waals surface area contributed by atoms with Gasteiger partial charge in [-0.15, -0.1) is 11.3 Å². The number of aromatic nitrogens is 3. The largest absolute Gasteiger partial charge is 0.390 e. The molecular formula is C24H23N5O3S. The third-order valence-corrected chi connectivity index (χ3v) is 7.28. The highest BCUT2D eigenvalue weighted by Crippen LogP contribution is 2.37. The molecule has 0 unspecified atom stereocenters. The number of aromatic amines is 1. The lowest BCUT2D eigenvalue weighted by atomic mass is 10.1. The molecule has 1 aliphatic carbocycles. The van der Waals surface area contributed by atoms with Gasteiger partial charge in [0.2, 0.25) is 5.95 Å². The number of morpholine rings is 1. The van der Waals surface area contributed by atoms with E-state index in [2.05, 4.69) is 10.3 Å². The molecule has 2 aliphatic rings. The predicted molar refractivity (Wildman–Crippen MR) is 129 cm³/mol. The first-order valence-corrected chi connectivity index (χ1v) is 11.8. The van der Waals surface area contributed by atoms with Crippen molar-refractivity contribution in [2.75, 3.05) is 36.5 Å². The molecule has 3 heterocycles. The summed E-state index contributed by atoms with van der Waals surface area (Å²) in [6.45, 7) is 2.47. The summed E-state index contributed by atoms with van der Waals surface area (Å²) in [7, 11) is 0. The summed E-state index contributed by atoms with van der Waals surface area (Å²) < 4.78 is 6.45. The van der Waals surface area contributed by atoms with Crippen LogP contribution in [0.25, 0.3) is 20.8 Å². The van der Waals surface area contributed by atoms with Crippen LogP contribution in [0.3, 0.4) is 0 Å². The summed E-state index contributed by atoms with van der Waals surface area (Å²) in [5.74, 6) is 0.927. The lowest BCUT2D eigenvalue weighted by Gasteiger charge is -2.28. The van der Waals surface area contributed by atoms with Gasteiger partial charge in [0.25, 0.3) is 5.56 Å². The summed E-state index contributed by atoms with van der Waals surface area (Å²) in [6, 6.07) is 15.4. The number of H-pyrrole nitrogens is 1. The van der Waals surface area contributed by atoms with Crippen molar-refractivity contribution in [1.82, 2.24) is 15.0 Å². The number of nitrogens with one attached hydrogen (secondary N) is 2. The lowest BCUT2D eigenvalue weighted by molar-refractivity contribution is 0.122. The molecule has 0 amide bonds. The van der Waals surface area contributed by atoms with E-state index in [9.17, 15) is 9.90 Å². The maximum atomic E-state index is 13.4. The van der Waals surface area contributed by atoms with Crippen LogP contribution in [0.15, 0.2) is 53.3 Å². The molecule has 0 saturated carbocycles. The SMILES string of the molecule is O=c1[nH]c(N2CCOCC2)nc(N[C@H]2c3ccccc3C[C@H]2O)c1-c1nc2ccccc2s1. The zero-order valence-corrected chi connectivity index (χ0v) is 18.6. The molecule has 168 valence electrons. The Morgan fingerprint density at radius 2 is 1.88 bits per heavy atom. The van der Waals surface area contributed by atoms with Crippen molar-refractivity contribution in [1.29, 1.82) is 0 Å². The summed E-state index contributed by atoms with van der Waals surface area (Å²) >= 11 is 1.46. The van der Waals surface area contributed by atoms with Crippen LogP contribution < -0.4 is 15.8 Å². The van der Waals surface area contributed by atoms with Crippen LogP contribution in [0.4, 0.5) is 11.8 Å². The van der Waals surface area contributed by atoms with Crippen molar-refractivity contribution >= 4 is 33.3 Å². The van der Waals surface area contributed by atoms with Crippen molar-refractivity contribution in [3.63, 3.8) is 0 Å². The summed E-state index contributed by atoms with van der Waals surface area (Å²) in [4.78, 5) is 27.9. The Balaban J connectivity index is 1.48. The molecule has 0 radical (unpaired) electrons. The van der Waals surface area contributed by atoms with Crippen LogP contribution in [0.1, 0.15) is 17.2 Å². The molecule has 1 fully saturated rings. The van der Waals surface area contributed by atoms with Crippen molar-refractivity contribution in [2.24, 2.45) is 0 Å². The van der Waals surface area contributed by atoms with Crippen molar-refractivity contribution in [3.8, 4) is 10.6 Å². The minimum atomic E-state index is -0.612. The fourth-order valence-electron chi connectivity index (χ4n) is 4.56. The molecule has 2 atom stereocenters. The van der Waals surface area contributed by atoms with Crippen LogP contribution >= 0.6 is 11.3 Å². The van der Waals surface area contributed by atoms with Crippen molar-refractivity contribution < 1.29 is 9.84 Å². The molecule has 1 saturated heterocycles. The van der Waals surface area contributed by atoms with Gasteiger partial charge in [0.15, 0.2) is 0 Å². The Bertz CT molecular complexity index is 1350. The Morgan fingerprint density at radius 1 is 1.09 bits per heavy atom. The number of benzene rings is 2.